The number of carbonyl (C=O) groups is 1. The summed E-state index contributed by atoms with van der Waals surface area (Å²) in [6.07, 6.45) is 0. The van der Waals surface area contributed by atoms with Crippen molar-refractivity contribution in [3.8, 4) is 28.6 Å². The molecule has 0 fully saturated rings. The van der Waals surface area contributed by atoms with Crippen LogP contribution in [0.15, 0.2) is 78.9 Å². The van der Waals surface area contributed by atoms with Crippen molar-refractivity contribution in [2.75, 3.05) is 12.4 Å². The molecular weight excluding hydrogens is 382 g/mol. The summed E-state index contributed by atoms with van der Waals surface area (Å²) in [5.74, 6) is 2.18. The molecule has 0 radical (unpaired) electrons. The highest BCUT2D eigenvalue weighted by Gasteiger charge is 2.11. The second-order valence-electron chi connectivity index (χ2n) is 6.37. The number of rotatable bonds is 7. The van der Waals surface area contributed by atoms with Gasteiger partial charge < -0.3 is 14.8 Å². The Kier molecular flexibility index (Phi) is 5.66. The van der Waals surface area contributed by atoms with Gasteiger partial charge in [0.15, 0.2) is 0 Å². The number of tetrazole rings is 1. The van der Waals surface area contributed by atoms with Crippen LogP contribution in [0.2, 0.25) is 0 Å². The summed E-state index contributed by atoms with van der Waals surface area (Å²) in [6.45, 7) is -0.0687. The quantitative estimate of drug-likeness (QED) is 0.507. The molecule has 8 heteroatoms. The van der Waals surface area contributed by atoms with Crippen molar-refractivity contribution in [1.29, 1.82) is 0 Å². The Labute approximate surface area is 173 Å². The molecule has 30 heavy (non-hydrogen) atoms. The van der Waals surface area contributed by atoms with E-state index in [1.165, 1.54) is 4.80 Å². The molecule has 8 nitrogen and oxygen atoms in total. The van der Waals surface area contributed by atoms with Crippen LogP contribution < -0.4 is 14.8 Å². The minimum atomic E-state index is -0.276. The molecule has 150 valence electrons. The van der Waals surface area contributed by atoms with Gasteiger partial charge in [0.2, 0.25) is 11.7 Å². The van der Waals surface area contributed by atoms with Gasteiger partial charge in [-0.1, -0.05) is 36.4 Å². The minimum absolute atomic E-state index is 0.0687. The van der Waals surface area contributed by atoms with Crippen molar-refractivity contribution in [2.24, 2.45) is 0 Å². The van der Waals surface area contributed by atoms with Crippen molar-refractivity contribution in [3.05, 3.63) is 78.9 Å². The highest BCUT2D eigenvalue weighted by Crippen LogP contribution is 2.24. The number of nitrogens with one attached hydrogen (secondary N) is 1. The Morgan fingerprint density at radius 1 is 0.933 bits per heavy atom. The average Bonchev–Trinajstić information content (AvgIpc) is 3.23. The van der Waals surface area contributed by atoms with Gasteiger partial charge in [-0.25, -0.2) is 0 Å². The summed E-state index contributed by atoms with van der Waals surface area (Å²) in [5.41, 5.74) is 1.37. The summed E-state index contributed by atoms with van der Waals surface area (Å²) in [5, 5.41) is 15.0. The lowest BCUT2D eigenvalue weighted by Gasteiger charge is -2.08. The molecule has 1 heterocycles. The van der Waals surface area contributed by atoms with E-state index < -0.39 is 0 Å². The van der Waals surface area contributed by atoms with E-state index in [1.807, 2.05) is 60.7 Å². The zero-order valence-corrected chi connectivity index (χ0v) is 16.2. The van der Waals surface area contributed by atoms with Crippen molar-refractivity contribution in [1.82, 2.24) is 20.2 Å². The number of ether oxygens (including phenoxy) is 2. The summed E-state index contributed by atoms with van der Waals surface area (Å²) >= 11 is 0. The Bertz CT molecular complexity index is 1140. The number of amides is 1. The predicted molar refractivity (Wildman–Crippen MR) is 111 cm³/mol. The molecule has 1 aromatic heterocycles. The Morgan fingerprint density at radius 2 is 1.70 bits per heavy atom. The maximum absolute atomic E-state index is 12.4. The molecule has 0 spiro atoms. The van der Waals surface area contributed by atoms with Gasteiger partial charge >= 0.3 is 0 Å². The maximum Gasteiger partial charge on any atom is 0.248 e. The Balaban J connectivity index is 1.39. The molecule has 0 aliphatic heterocycles. The second kappa shape index (κ2) is 8.87. The molecule has 0 saturated heterocycles. The van der Waals surface area contributed by atoms with E-state index in [2.05, 4.69) is 20.7 Å². The lowest BCUT2D eigenvalue weighted by molar-refractivity contribution is -0.117. The highest BCUT2D eigenvalue weighted by molar-refractivity contribution is 5.90. The first-order chi connectivity index (χ1) is 14.7. The van der Waals surface area contributed by atoms with Gasteiger partial charge in [-0.2, -0.15) is 4.80 Å². The van der Waals surface area contributed by atoms with Crippen LogP contribution >= 0.6 is 0 Å². The number of benzene rings is 3. The third-order valence-corrected chi connectivity index (χ3v) is 4.16. The lowest BCUT2D eigenvalue weighted by Crippen LogP contribution is -2.20. The summed E-state index contributed by atoms with van der Waals surface area (Å²) < 4.78 is 11.0. The van der Waals surface area contributed by atoms with Crippen LogP contribution in [0.1, 0.15) is 0 Å². The van der Waals surface area contributed by atoms with E-state index in [-0.39, 0.29) is 12.5 Å². The van der Waals surface area contributed by atoms with Gasteiger partial charge in [0.1, 0.15) is 23.8 Å². The molecule has 0 bridgehead atoms. The van der Waals surface area contributed by atoms with Crippen molar-refractivity contribution in [2.45, 2.75) is 6.54 Å². The molecule has 0 saturated carbocycles. The smallest absolute Gasteiger partial charge is 0.248 e. The molecular formula is C22H19N5O3. The summed E-state index contributed by atoms with van der Waals surface area (Å²) in [7, 11) is 1.59. The fraction of sp³-hybridized carbons (Fsp3) is 0.0909. The Hall–Kier alpha value is -4.20. The van der Waals surface area contributed by atoms with E-state index in [0.29, 0.717) is 23.0 Å². The van der Waals surface area contributed by atoms with Crippen LogP contribution in [0.4, 0.5) is 5.69 Å². The van der Waals surface area contributed by atoms with E-state index in [1.54, 1.807) is 25.3 Å². The number of carbonyl (C=O) groups excluding carboxylic acids is 1. The van der Waals surface area contributed by atoms with E-state index >= 15 is 0 Å². The first kappa shape index (κ1) is 19.1. The monoisotopic (exact) mass is 401 g/mol. The number of aromatic nitrogens is 4. The van der Waals surface area contributed by atoms with Crippen molar-refractivity contribution < 1.29 is 14.3 Å². The van der Waals surface area contributed by atoms with Crippen LogP contribution in [-0.2, 0) is 11.3 Å². The predicted octanol–water partition coefficient (Wildman–Crippen LogP) is 3.78. The topological polar surface area (TPSA) is 91.2 Å². The second-order valence-corrected chi connectivity index (χ2v) is 6.37. The fourth-order valence-corrected chi connectivity index (χ4v) is 2.78. The molecule has 4 aromatic rings. The lowest BCUT2D eigenvalue weighted by atomic mass is 10.2. The van der Waals surface area contributed by atoms with Crippen LogP contribution in [0.3, 0.4) is 0 Å². The minimum Gasteiger partial charge on any atom is -0.497 e. The largest absolute Gasteiger partial charge is 0.497 e. The number of anilines is 1. The summed E-state index contributed by atoms with van der Waals surface area (Å²) in [6, 6.07) is 23.9. The SMILES string of the molecule is COc1cccc(-c2nnn(CC(=O)Nc3cccc(Oc4ccccc4)c3)n2)c1. The molecule has 0 aliphatic rings. The van der Waals surface area contributed by atoms with Crippen LogP contribution in [0.5, 0.6) is 17.2 Å². The maximum atomic E-state index is 12.4. The number of para-hydroxylation sites is 1. The molecule has 0 atom stereocenters. The number of methoxy groups -OCH3 is 1. The summed E-state index contributed by atoms with van der Waals surface area (Å²) in [4.78, 5) is 13.6. The van der Waals surface area contributed by atoms with Gasteiger partial charge in [0.25, 0.3) is 0 Å². The zero-order valence-electron chi connectivity index (χ0n) is 16.2. The van der Waals surface area contributed by atoms with Gasteiger partial charge in [-0.15, -0.1) is 10.2 Å². The third kappa shape index (κ3) is 4.79. The molecule has 3 aromatic carbocycles. The number of nitrogens with zero attached hydrogens (tertiary/aromatic N) is 4. The average molecular weight is 401 g/mol. The molecule has 0 aliphatic carbocycles. The molecule has 0 unspecified atom stereocenters. The first-order valence-corrected chi connectivity index (χ1v) is 9.25. The molecule has 1 N–H and O–H groups in total. The standard InChI is InChI=1S/C22H19N5O3/c1-29-19-11-5-7-16(13-19)22-24-26-27(25-22)15-21(28)23-17-8-6-12-20(14-17)30-18-9-3-2-4-10-18/h2-14H,15H2,1H3,(H,23,28). The number of hydrogen-bond donors (Lipinski definition) is 1. The fourth-order valence-electron chi connectivity index (χ4n) is 2.78. The number of hydrogen-bond acceptors (Lipinski definition) is 6. The zero-order chi connectivity index (χ0) is 20.8. The van der Waals surface area contributed by atoms with E-state index in [9.17, 15) is 4.79 Å². The van der Waals surface area contributed by atoms with Crippen LogP contribution in [-0.4, -0.2) is 33.2 Å². The normalized spacial score (nSPS) is 10.4. The van der Waals surface area contributed by atoms with Crippen LogP contribution in [0, 0.1) is 0 Å². The molecule has 4 rings (SSSR count). The first-order valence-electron chi connectivity index (χ1n) is 9.25. The third-order valence-electron chi connectivity index (χ3n) is 4.16. The van der Waals surface area contributed by atoms with Gasteiger partial charge in [0.05, 0.1) is 7.11 Å². The Morgan fingerprint density at radius 3 is 2.53 bits per heavy atom. The molecule has 1 amide bonds. The van der Waals surface area contributed by atoms with E-state index in [4.69, 9.17) is 9.47 Å². The van der Waals surface area contributed by atoms with Gasteiger partial charge in [-0.3, -0.25) is 4.79 Å². The van der Waals surface area contributed by atoms with Gasteiger partial charge in [0, 0.05) is 17.3 Å². The van der Waals surface area contributed by atoms with E-state index in [0.717, 1.165) is 11.3 Å². The van der Waals surface area contributed by atoms with Crippen molar-refractivity contribution in [3.63, 3.8) is 0 Å². The van der Waals surface area contributed by atoms with Gasteiger partial charge in [-0.05, 0) is 41.6 Å². The van der Waals surface area contributed by atoms with Crippen LogP contribution in [0.25, 0.3) is 11.4 Å². The highest BCUT2D eigenvalue weighted by atomic mass is 16.5. The van der Waals surface area contributed by atoms with Crippen molar-refractivity contribution >= 4 is 11.6 Å².